The van der Waals surface area contributed by atoms with Crippen LogP contribution in [0.3, 0.4) is 0 Å². The van der Waals surface area contributed by atoms with Crippen LogP contribution in [0.15, 0.2) is 54.6 Å². The molecule has 1 saturated heterocycles. The van der Waals surface area contributed by atoms with E-state index in [1.165, 1.54) is 10.7 Å². The van der Waals surface area contributed by atoms with Crippen LogP contribution < -0.4 is 9.80 Å². The van der Waals surface area contributed by atoms with Crippen LogP contribution in [0.5, 0.6) is 0 Å². The lowest BCUT2D eigenvalue weighted by Gasteiger charge is -2.36. The summed E-state index contributed by atoms with van der Waals surface area (Å²) in [5, 5.41) is 8.16. The first kappa shape index (κ1) is 21.1. The molecule has 2 aromatic carbocycles. The van der Waals surface area contributed by atoms with Gasteiger partial charge >= 0.3 is 6.18 Å². The number of para-hydroxylation sites is 1. The second-order valence-corrected chi connectivity index (χ2v) is 7.70. The highest BCUT2D eigenvalue weighted by molar-refractivity contribution is 5.83. The molecule has 0 bridgehead atoms. The fraction of sp³-hybridized carbons (Fsp3) is 0.273. The Balaban J connectivity index is 1.48. The summed E-state index contributed by atoms with van der Waals surface area (Å²) < 4.78 is 56.3. The van der Waals surface area contributed by atoms with Gasteiger partial charge in [-0.3, -0.25) is 0 Å². The Bertz CT molecular complexity index is 1260. The Labute approximate surface area is 186 Å². The van der Waals surface area contributed by atoms with E-state index in [-0.39, 0.29) is 29.3 Å². The molecule has 11 heteroatoms. The Morgan fingerprint density at radius 1 is 0.818 bits per heavy atom. The highest BCUT2D eigenvalue weighted by Crippen LogP contribution is 2.32. The normalized spacial score (nSPS) is 14.8. The van der Waals surface area contributed by atoms with Gasteiger partial charge in [0.05, 0.1) is 12.2 Å². The van der Waals surface area contributed by atoms with E-state index in [2.05, 4.69) is 20.3 Å². The van der Waals surface area contributed by atoms with Gasteiger partial charge in [-0.1, -0.05) is 47.7 Å². The summed E-state index contributed by atoms with van der Waals surface area (Å²) in [5.74, 6) is -1.49. The number of anilines is 2. The molecule has 2 aromatic heterocycles. The van der Waals surface area contributed by atoms with E-state index >= 15 is 0 Å². The van der Waals surface area contributed by atoms with E-state index in [1.54, 1.807) is 23.1 Å². The van der Waals surface area contributed by atoms with Gasteiger partial charge in [0.2, 0.25) is 5.82 Å². The Morgan fingerprint density at radius 3 is 2.18 bits per heavy atom. The zero-order valence-electron chi connectivity index (χ0n) is 17.4. The zero-order chi connectivity index (χ0) is 23.0. The Kier molecular flexibility index (Phi) is 5.31. The van der Waals surface area contributed by atoms with Gasteiger partial charge < -0.3 is 9.80 Å². The molecule has 7 nitrogen and oxygen atoms in total. The van der Waals surface area contributed by atoms with Crippen LogP contribution in [-0.4, -0.2) is 51.1 Å². The molecule has 0 N–H and O–H groups in total. The smallest absolute Gasteiger partial charge is 0.366 e. The average Bonchev–Trinajstić information content (AvgIpc) is 3.22. The molecule has 0 aliphatic carbocycles. The van der Waals surface area contributed by atoms with Crippen LogP contribution in [0.25, 0.3) is 11.2 Å². The highest BCUT2D eigenvalue weighted by atomic mass is 19.4. The number of fused-ring (bicyclic) bond motifs is 1. The van der Waals surface area contributed by atoms with Crippen molar-refractivity contribution in [3.05, 3.63) is 71.8 Å². The quantitative estimate of drug-likeness (QED) is 0.435. The van der Waals surface area contributed by atoms with Crippen molar-refractivity contribution in [1.82, 2.24) is 25.0 Å². The molecule has 1 aliphatic rings. The van der Waals surface area contributed by atoms with Crippen molar-refractivity contribution in [2.24, 2.45) is 0 Å². The van der Waals surface area contributed by atoms with Crippen LogP contribution in [-0.2, 0) is 12.7 Å². The van der Waals surface area contributed by atoms with Crippen LogP contribution in [0.2, 0.25) is 0 Å². The van der Waals surface area contributed by atoms with Crippen molar-refractivity contribution in [3.8, 4) is 0 Å². The number of alkyl halides is 3. The third kappa shape index (κ3) is 4.18. The van der Waals surface area contributed by atoms with E-state index in [1.807, 2.05) is 35.2 Å². The largest absolute Gasteiger partial charge is 0.451 e. The van der Waals surface area contributed by atoms with Crippen molar-refractivity contribution >= 4 is 22.7 Å². The Morgan fingerprint density at radius 2 is 1.48 bits per heavy atom. The SMILES string of the molecule is Fc1ccccc1N1CCN(c2nc(C(F)(F)F)nc3c2nnn3Cc2ccccc2)CC1. The highest BCUT2D eigenvalue weighted by Gasteiger charge is 2.37. The fourth-order valence-electron chi connectivity index (χ4n) is 3.92. The molecule has 0 atom stereocenters. The standard InChI is InChI=1S/C22H19F4N7/c23-16-8-4-5-9-17(16)31-10-12-32(13-11-31)19-18-20(28-21(27-19)22(24,25)26)33(30-29-18)14-15-6-2-1-3-7-15/h1-9H,10-14H2. The number of halogens is 4. The lowest BCUT2D eigenvalue weighted by Crippen LogP contribution is -2.47. The van der Waals surface area contributed by atoms with Crippen molar-refractivity contribution in [3.63, 3.8) is 0 Å². The molecular formula is C22H19F4N7. The average molecular weight is 457 g/mol. The van der Waals surface area contributed by atoms with Crippen molar-refractivity contribution in [2.45, 2.75) is 12.7 Å². The third-order valence-corrected chi connectivity index (χ3v) is 5.55. The molecule has 170 valence electrons. The monoisotopic (exact) mass is 457 g/mol. The number of rotatable bonds is 4. The third-order valence-electron chi connectivity index (χ3n) is 5.55. The van der Waals surface area contributed by atoms with E-state index in [9.17, 15) is 17.6 Å². The molecule has 33 heavy (non-hydrogen) atoms. The summed E-state index contributed by atoms with van der Waals surface area (Å²) in [6.45, 7) is 1.77. The predicted molar refractivity (Wildman–Crippen MR) is 114 cm³/mol. The maximum atomic E-state index is 14.1. The maximum absolute atomic E-state index is 14.1. The van der Waals surface area contributed by atoms with Gasteiger partial charge in [-0.2, -0.15) is 13.2 Å². The van der Waals surface area contributed by atoms with Gasteiger partial charge in [-0.25, -0.2) is 19.0 Å². The van der Waals surface area contributed by atoms with E-state index in [0.29, 0.717) is 31.9 Å². The molecular weight excluding hydrogens is 438 g/mol. The fourth-order valence-corrected chi connectivity index (χ4v) is 3.92. The van der Waals surface area contributed by atoms with Gasteiger partial charge in [0.15, 0.2) is 17.0 Å². The van der Waals surface area contributed by atoms with Crippen molar-refractivity contribution in [1.29, 1.82) is 0 Å². The summed E-state index contributed by atoms with van der Waals surface area (Å²) >= 11 is 0. The Hall–Kier alpha value is -3.76. The van der Waals surface area contributed by atoms with E-state index < -0.39 is 12.0 Å². The first-order valence-electron chi connectivity index (χ1n) is 10.4. The minimum atomic E-state index is -4.72. The van der Waals surface area contributed by atoms with Crippen LogP contribution in [0, 0.1) is 5.82 Å². The second kappa shape index (κ2) is 8.30. The van der Waals surface area contributed by atoms with Crippen LogP contribution in [0.1, 0.15) is 11.4 Å². The maximum Gasteiger partial charge on any atom is 0.451 e. The number of benzene rings is 2. The molecule has 0 amide bonds. The lowest BCUT2D eigenvalue weighted by molar-refractivity contribution is -0.144. The topological polar surface area (TPSA) is 63.0 Å². The van der Waals surface area contributed by atoms with Crippen LogP contribution in [0.4, 0.5) is 29.1 Å². The minimum absolute atomic E-state index is 0.0210. The summed E-state index contributed by atoms with van der Waals surface area (Å²) in [6.07, 6.45) is -4.72. The lowest BCUT2D eigenvalue weighted by atomic mass is 10.2. The number of aromatic nitrogens is 5. The number of hydrogen-bond donors (Lipinski definition) is 0. The molecule has 5 rings (SSSR count). The zero-order valence-corrected chi connectivity index (χ0v) is 17.4. The summed E-state index contributed by atoms with van der Waals surface area (Å²) in [6, 6.07) is 15.7. The number of hydrogen-bond acceptors (Lipinski definition) is 6. The summed E-state index contributed by atoms with van der Waals surface area (Å²) in [4.78, 5) is 11.1. The van der Waals surface area contributed by atoms with E-state index in [0.717, 1.165) is 5.56 Å². The molecule has 0 radical (unpaired) electrons. The first-order valence-corrected chi connectivity index (χ1v) is 10.4. The molecule has 1 aliphatic heterocycles. The first-order chi connectivity index (χ1) is 15.9. The number of nitrogens with zero attached hydrogens (tertiary/aromatic N) is 7. The predicted octanol–water partition coefficient (Wildman–Crippen LogP) is 3.75. The second-order valence-electron chi connectivity index (χ2n) is 7.70. The van der Waals surface area contributed by atoms with Gasteiger partial charge in [-0.05, 0) is 17.7 Å². The minimum Gasteiger partial charge on any atom is -0.366 e. The molecule has 0 saturated carbocycles. The van der Waals surface area contributed by atoms with Gasteiger partial charge in [-0.15, -0.1) is 5.10 Å². The van der Waals surface area contributed by atoms with Crippen LogP contribution >= 0.6 is 0 Å². The summed E-state index contributed by atoms with van der Waals surface area (Å²) in [7, 11) is 0. The molecule has 4 aromatic rings. The summed E-state index contributed by atoms with van der Waals surface area (Å²) in [5.41, 5.74) is 1.55. The molecule has 3 heterocycles. The molecule has 0 spiro atoms. The molecule has 1 fully saturated rings. The molecule has 0 unspecified atom stereocenters. The van der Waals surface area contributed by atoms with Crippen molar-refractivity contribution < 1.29 is 17.6 Å². The van der Waals surface area contributed by atoms with Gasteiger partial charge in [0, 0.05) is 26.2 Å². The van der Waals surface area contributed by atoms with Gasteiger partial charge in [0.1, 0.15) is 5.82 Å². The van der Waals surface area contributed by atoms with Crippen molar-refractivity contribution in [2.75, 3.05) is 36.0 Å². The van der Waals surface area contributed by atoms with E-state index in [4.69, 9.17) is 0 Å². The number of piperazine rings is 1. The van der Waals surface area contributed by atoms with Gasteiger partial charge in [0.25, 0.3) is 0 Å².